The molecule has 12 nitrogen and oxygen atoms in total. The molecule has 218 valence electrons. The van der Waals surface area contributed by atoms with E-state index in [-0.39, 0.29) is 37.2 Å². The fraction of sp³-hybridized carbons (Fsp3) is 0.593. The Morgan fingerprint density at radius 2 is 1.54 bits per heavy atom. The molecule has 1 rings (SSSR count). The van der Waals surface area contributed by atoms with Crippen LogP contribution in [-0.4, -0.2) is 65.5 Å². The van der Waals surface area contributed by atoms with Gasteiger partial charge in [-0.15, -0.1) is 0 Å². The number of guanidine groups is 1. The molecule has 0 aliphatic carbocycles. The molecule has 0 saturated heterocycles. The molecule has 0 aliphatic rings. The molecule has 12 heteroatoms. The Labute approximate surface area is 230 Å². The van der Waals surface area contributed by atoms with Gasteiger partial charge < -0.3 is 38.3 Å². The smallest absolute Gasteiger partial charge is 0.326 e. The lowest BCUT2D eigenvalue weighted by Gasteiger charge is -2.28. The zero-order chi connectivity index (χ0) is 29.5. The van der Waals surface area contributed by atoms with Crippen LogP contribution in [0.15, 0.2) is 35.3 Å². The van der Waals surface area contributed by atoms with E-state index in [9.17, 15) is 24.3 Å². The summed E-state index contributed by atoms with van der Waals surface area (Å²) in [6.07, 6.45) is 1.60. The Hall–Kier alpha value is -3.67. The van der Waals surface area contributed by atoms with E-state index in [0.29, 0.717) is 19.3 Å². The Morgan fingerprint density at radius 3 is 2.08 bits per heavy atom. The Bertz CT molecular complexity index is 967. The third-order valence-electron chi connectivity index (χ3n) is 6.33. The summed E-state index contributed by atoms with van der Waals surface area (Å²) in [4.78, 5) is 55.1. The number of nitrogens with one attached hydrogen (secondary N) is 3. The minimum absolute atomic E-state index is 0.0967. The minimum atomic E-state index is -1.21. The van der Waals surface area contributed by atoms with Gasteiger partial charge in [0.2, 0.25) is 17.7 Å². The summed E-state index contributed by atoms with van der Waals surface area (Å²) < 4.78 is 0. The first kappa shape index (κ1) is 33.4. The average molecular weight is 548 g/mol. The molecule has 0 bridgehead atoms. The quantitative estimate of drug-likeness (QED) is 0.0812. The highest BCUT2D eigenvalue weighted by Crippen LogP contribution is 2.12. The Morgan fingerprint density at radius 1 is 0.923 bits per heavy atom. The van der Waals surface area contributed by atoms with Crippen LogP contribution in [0.2, 0.25) is 0 Å². The van der Waals surface area contributed by atoms with E-state index in [2.05, 4.69) is 20.9 Å². The molecule has 1 aromatic carbocycles. The normalized spacial score (nSPS) is 14.8. The standard InChI is InChI=1S/C27H45N7O5/c1-5-17(4)22(25(37)32-20(26(38)39)12-9-13-31-27(29)30)34-24(36)21(15-18-10-7-6-8-11-18)33-23(35)19(28)14-16(2)3/h6-8,10-11,16-17,19-22H,5,9,12-15,28H2,1-4H3,(H,32,37)(H,33,35)(H,34,36)(H,38,39)(H4,29,30,31). The molecule has 1 aromatic rings. The van der Waals surface area contributed by atoms with Crippen molar-refractivity contribution in [2.75, 3.05) is 6.54 Å². The molecule has 0 radical (unpaired) electrons. The lowest BCUT2D eigenvalue weighted by atomic mass is 9.96. The number of carbonyl (C=O) groups excluding carboxylic acids is 3. The molecule has 0 saturated carbocycles. The summed E-state index contributed by atoms with van der Waals surface area (Å²) in [6, 6.07) is 5.15. The van der Waals surface area contributed by atoms with Crippen LogP contribution in [0.3, 0.4) is 0 Å². The maximum Gasteiger partial charge on any atom is 0.326 e. The van der Waals surface area contributed by atoms with Gasteiger partial charge >= 0.3 is 5.97 Å². The van der Waals surface area contributed by atoms with Crippen molar-refractivity contribution in [3.63, 3.8) is 0 Å². The number of carboxylic acid groups (broad SMARTS) is 1. The lowest BCUT2D eigenvalue weighted by Crippen LogP contribution is -2.59. The molecule has 39 heavy (non-hydrogen) atoms. The van der Waals surface area contributed by atoms with E-state index in [0.717, 1.165) is 5.56 Å². The van der Waals surface area contributed by atoms with E-state index in [4.69, 9.17) is 17.2 Å². The number of nitrogens with two attached hydrogens (primary N) is 3. The van der Waals surface area contributed by atoms with Crippen LogP contribution in [0.5, 0.6) is 0 Å². The van der Waals surface area contributed by atoms with Gasteiger partial charge in [-0.2, -0.15) is 0 Å². The Kier molecular flexibility index (Phi) is 14.6. The predicted molar refractivity (Wildman–Crippen MR) is 150 cm³/mol. The number of rotatable bonds is 17. The summed E-state index contributed by atoms with van der Waals surface area (Å²) >= 11 is 0. The maximum absolute atomic E-state index is 13.5. The summed E-state index contributed by atoms with van der Waals surface area (Å²) in [7, 11) is 0. The molecule has 5 atom stereocenters. The van der Waals surface area contributed by atoms with Gasteiger partial charge in [0.1, 0.15) is 18.1 Å². The predicted octanol–water partition coefficient (Wildman–Crippen LogP) is 0.241. The highest BCUT2D eigenvalue weighted by atomic mass is 16.4. The van der Waals surface area contributed by atoms with Crippen molar-refractivity contribution in [1.82, 2.24) is 16.0 Å². The van der Waals surface area contributed by atoms with Crippen LogP contribution in [-0.2, 0) is 25.6 Å². The molecule has 0 spiro atoms. The van der Waals surface area contributed by atoms with E-state index in [1.807, 2.05) is 51.1 Å². The number of benzene rings is 1. The van der Waals surface area contributed by atoms with Crippen molar-refractivity contribution in [3.05, 3.63) is 35.9 Å². The van der Waals surface area contributed by atoms with Crippen LogP contribution in [0.4, 0.5) is 0 Å². The first-order valence-electron chi connectivity index (χ1n) is 13.3. The third kappa shape index (κ3) is 12.6. The van der Waals surface area contributed by atoms with Crippen molar-refractivity contribution in [2.24, 2.45) is 34.0 Å². The molecule has 0 aromatic heterocycles. The van der Waals surface area contributed by atoms with E-state index in [1.165, 1.54) is 0 Å². The lowest BCUT2D eigenvalue weighted by molar-refractivity contribution is -0.143. The van der Waals surface area contributed by atoms with Crippen LogP contribution in [0, 0.1) is 11.8 Å². The van der Waals surface area contributed by atoms with Gasteiger partial charge in [-0.05, 0) is 36.7 Å². The highest BCUT2D eigenvalue weighted by molar-refractivity contribution is 5.94. The number of aliphatic carboxylic acids is 1. The summed E-state index contributed by atoms with van der Waals surface area (Å²) in [5.41, 5.74) is 17.4. The van der Waals surface area contributed by atoms with Crippen LogP contribution < -0.4 is 33.2 Å². The third-order valence-corrected chi connectivity index (χ3v) is 6.33. The number of amides is 3. The number of hydrogen-bond donors (Lipinski definition) is 7. The number of carbonyl (C=O) groups is 4. The summed E-state index contributed by atoms with van der Waals surface area (Å²) in [6.45, 7) is 7.74. The van der Waals surface area contributed by atoms with Gasteiger partial charge in [0.25, 0.3) is 0 Å². The van der Waals surface area contributed by atoms with Gasteiger partial charge in [-0.25, -0.2) is 4.79 Å². The highest BCUT2D eigenvalue weighted by Gasteiger charge is 2.32. The monoisotopic (exact) mass is 547 g/mol. The number of hydrogen-bond acceptors (Lipinski definition) is 6. The molecule has 0 heterocycles. The topological polar surface area (TPSA) is 215 Å². The molecule has 5 unspecified atom stereocenters. The van der Waals surface area contributed by atoms with E-state index >= 15 is 0 Å². The van der Waals surface area contributed by atoms with Gasteiger partial charge in [0.15, 0.2) is 5.96 Å². The minimum Gasteiger partial charge on any atom is -0.480 e. The van der Waals surface area contributed by atoms with E-state index < -0.39 is 47.9 Å². The van der Waals surface area contributed by atoms with Gasteiger partial charge in [-0.1, -0.05) is 64.4 Å². The van der Waals surface area contributed by atoms with Crippen molar-refractivity contribution in [3.8, 4) is 0 Å². The number of nitrogens with zero attached hydrogens (tertiary/aromatic N) is 1. The average Bonchev–Trinajstić information content (AvgIpc) is 2.87. The molecular formula is C27H45N7O5. The van der Waals surface area contributed by atoms with Crippen molar-refractivity contribution in [2.45, 2.75) is 84.0 Å². The molecule has 0 aliphatic heterocycles. The first-order valence-corrected chi connectivity index (χ1v) is 13.3. The number of carboxylic acids is 1. The van der Waals surface area contributed by atoms with Gasteiger partial charge in [0.05, 0.1) is 6.04 Å². The number of aliphatic imine (C=N–C) groups is 1. The van der Waals surface area contributed by atoms with Gasteiger partial charge in [0, 0.05) is 13.0 Å². The Balaban J connectivity index is 3.08. The van der Waals surface area contributed by atoms with Crippen molar-refractivity contribution in [1.29, 1.82) is 0 Å². The molecule has 3 amide bonds. The summed E-state index contributed by atoms with van der Waals surface area (Å²) in [5.74, 6) is -3.11. The largest absolute Gasteiger partial charge is 0.480 e. The SMILES string of the molecule is CCC(C)C(NC(=O)C(Cc1ccccc1)NC(=O)C(N)CC(C)C)C(=O)NC(CCCN=C(N)N)C(=O)O. The van der Waals surface area contributed by atoms with Crippen molar-refractivity contribution >= 4 is 29.7 Å². The zero-order valence-electron chi connectivity index (χ0n) is 23.4. The van der Waals surface area contributed by atoms with Gasteiger partial charge in [-0.3, -0.25) is 19.4 Å². The second-order valence-electron chi connectivity index (χ2n) is 10.2. The van der Waals surface area contributed by atoms with Crippen LogP contribution >= 0.6 is 0 Å². The molecule has 0 fully saturated rings. The second-order valence-corrected chi connectivity index (χ2v) is 10.2. The molecular weight excluding hydrogens is 502 g/mol. The van der Waals surface area contributed by atoms with Crippen LogP contribution in [0.25, 0.3) is 0 Å². The van der Waals surface area contributed by atoms with Crippen LogP contribution in [0.1, 0.15) is 58.9 Å². The second kappa shape index (κ2) is 17.0. The fourth-order valence-corrected chi connectivity index (χ4v) is 3.93. The summed E-state index contributed by atoms with van der Waals surface area (Å²) in [5, 5.41) is 17.6. The van der Waals surface area contributed by atoms with Crippen molar-refractivity contribution < 1.29 is 24.3 Å². The maximum atomic E-state index is 13.5. The van der Waals surface area contributed by atoms with E-state index in [1.54, 1.807) is 6.92 Å². The molecule has 10 N–H and O–H groups in total. The zero-order valence-corrected chi connectivity index (χ0v) is 23.4. The first-order chi connectivity index (χ1) is 18.3. The fourth-order valence-electron chi connectivity index (χ4n) is 3.93.